The highest BCUT2D eigenvalue weighted by Crippen LogP contribution is 2.42. The minimum absolute atomic E-state index is 0.171. The number of carboxylic acids is 2. The topological polar surface area (TPSA) is 112 Å². The van der Waals surface area contributed by atoms with Crippen LogP contribution in [-0.4, -0.2) is 39.4 Å². The Morgan fingerprint density at radius 2 is 1.87 bits per heavy atom. The van der Waals surface area contributed by atoms with Gasteiger partial charge < -0.3 is 15.1 Å². The second kappa shape index (κ2) is 5.88. The summed E-state index contributed by atoms with van der Waals surface area (Å²) in [7, 11) is -3.64. The normalized spacial score (nSPS) is 16.7. The summed E-state index contributed by atoms with van der Waals surface area (Å²) in [6, 6.07) is 0. The number of hydrogen-bond donors (Lipinski definition) is 3. The van der Waals surface area contributed by atoms with Crippen molar-refractivity contribution in [3.8, 4) is 0 Å². The van der Waals surface area contributed by atoms with Crippen LogP contribution >= 0.6 is 7.37 Å². The van der Waals surface area contributed by atoms with Crippen molar-refractivity contribution in [1.29, 1.82) is 0 Å². The molecule has 0 aromatic carbocycles. The molecule has 0 bridgehead atoms. The highest BCUT2D eigenvalue weighted by molar-refractivity contribution is 7.58. The Kier molecular flexibility index (Phi) is 5.54. The maximum atomic E-state index is 11.2. The molecule has 0 saturated carbocycles. The van der Waals surface area contributed by atoms with Crippen molar-refractivity contribution in [3.63, 3.8) is 0 Å². The molecule has 0 aromatic heterocycles. The zero-order valence-corrected chi connectivity index (χ0v) is 8.89. The Hall–Kier alpha value is -0.870. The molecule has 0 spiro atoms. The van der Waals surface area contributed by atoms with E-state index in [1.54, 1.807) is 0 Å². The smallest absolute Gasteiger partial charge is 0.307 e. The third kappa shape index (κ3) is 6.25. The van der Waals surface area contributed by atoms with Gasteiger partial charge in [-0.1, -0.05) is 0 Å². The van der Waals surface area contributed by atoms with Crippen LogP contribution in [0.3, 0.4) is 0 Å². The molecule has 3 N–H and O–H groups in total. The van der Waals surface area contributed by atoms with Crippen molar-refractivity contribution < 1.29 is 29.3 Å². The second-order valence-electron chi connectivity index (χ2n) is 3.18. The molecule has 0 aromatic rings. The molecule has 0 heterocycles. The predicted molar refractivity (Wildman–Crippen MR) is 51.9 cm³/mol. The van der Waals surface area contributed by atoms with E-state index < -0.39 is 37.5 Å². The lowest BCUT2D eigenvalue weighted by Gasteiger charge is -2.14. The molecule has 2 radical (unpaired) electrons. The van der Waals surface area contributed by atoms with Gasteiger partial charge in [-0.25, -0.2) is 0 Å². The molecule has 0 aliphatic heterocycles. The Morgan fingerprint density at radius 3 is 2.20 bits per heavy atom. The number of aliphatic carboxylic acids is 2. The predicted octanol–water partition coefficient (Wildman–Crippen LogP) is 0.533. The first-order chi connectivity index (χ1) is 6.78. The Labute approximate surface area is 87.4 Å². The molecule has 0 aliphatic carbocycles. The summed E-state index contributed by atoms with van der Waals surface area (Å²) >= 11 is 0. The van der Waals surface area contributed by atoms with Gasteiger partial charge in [-0.2, -0.15) is 0 Å². The first kappa shape index (κ1) is 14.1. The number of rotatable bonds is 7. The standard InChI is InChI=1S/C8H13O6P/c1-2-15(13,14)5-6(8(11)12)3-4-7(9)10/h1,6H,2-5H2,(H,9,10)(H,11,12)(H,13,14). The van der Waals surface area contributed by atoms with Gasteiger partial charge in [0.2, 0.25) is 7.37 Å². The zero-order chi connectivity index (χ0) is 12.1. The van der Waals surface area contributed by atoms with Gasteiger partial charge in [0.15, 0.2) is 0 Å². The molecule has 0 amide bonds. The minimum atomic E-state index is -3.64. The van der Waals surface area contributed by atoms with Crippen LogP contribution in [-0.2, 0) is 14.2 Å². The molecule has 15 heavy (non-hydrogen) atoms. The van der Waals surface area contributed by atoms with E-state index in [2.05, 4.69) is 0 Å². The van der Waals surface area contributed by atoms with Gasteiger partial charge in [0.1, 0.15) is 0 Å². The van der Waals surface area contributed by atoms with E-state index in [0.717, 1.165) is 0 Å². The summed E-state index contributed by atoms with van der Waals surface area (Å²) < 4.78 is 11.2. The molecule has 86 valence electrons. The maximum absolute atomic E-state index is 11.2. The number of carbonyl (C=O) groups is 2. The van der Waals surface area contributed by atoms with E-state index in [1.165, 1.54) is 0 Å². The van der Waals surface area contributed by atoms with Gasteiger partial charge >= 0.3 is 11.9 Å². The largest absolute Gasteiger partial charge is 0.481 e. The minimum Gasteiger partial charge on any atom is -0.481 e. The van der Waals surface area contributed by atoms with Crippen LogP contribution in [0.2, 0.25) is 0 Å². The third-order valence-corrected chi connectivity index (χ3v) is 3.43. The zero-order valence-electron chi connectivity index (χ0n) is 8.00. The van der Waals surface area contributed by atoms with Crippen molar-refractivity contribution >= 4 is 19.3 Å². The fourth-order valence-electron chi connectivity index (χ4n) is 1.01. The molecule has 0 rings (SSSR count). The van der Waals surface area contributed by atoms with Gasteiger partial charge in [-0.15, -0.1) is 0 Å². The molecule has 0 fully saturated rings. The lowest BCUT2D eigenvalue weighted by molar-refractivity contribution is -0.142. The lowest BCUT2D eigenvalue weighted by Crippen LogP contribution is -2.19. The van der Waals surface area contributed by atoms with Crippen molar-refractivity contribution in [1.82, 2.24) is 0 Å². The first-order valence-electron chi connectivity index (χ1n) is 4.24. The highest BCUT2D eigenvalue weighted by Gasteiger charge is 2.27. The van der Waals surface area contributed by atoms with Crippen LogP contribution in [0.1, 0.15) is 12.8 Å². The summed E-state index contributed by atoms with van der Waals surface area (Å²) in [5, 5.41) is 17.0. The number of hydrogen-bond acceptors (Lipinski definition) is 3. The molecular weight excluding hydrogens is 223 g/mol. The summed E-state index contributed by atoms with van der Waals surface area (Å²) in [4.78, 5) is 30.0. The van der Waals surface area contributed by atoms with E-state index >= 15 is 0 Å². The van der Waals surface area contributed by atoms with Crippen molar-refractivity contribution in [3.05, 3.63) is 6.92 Å². The van der Waals surface area contributed by atoms with Gasteiger partial charge in [-0.05, 0) is 13.3 Å². The van der Waals surface area contributed by atoms with E-state index in [0.29, 0.717) is 0 Å². The van der Waals surface area contributed by atoms with Crippen LogP contribution in [0.4, 0.5) is 0 Å². The number of carboxylic acid groups (broad SMARTS) is 2. The van der Waals surface area contributed by atoms with Gasteiger partial charge in [0.05, 0.1) is 5.92 Å². The van der Waals surface area contributed by atoms with Gasteiger partial charge in [0.25, 0.3) is 0 Å². The molecule has 0 saturated heterocycles. The van der Waals surface area contributed by atoms with Crippen LogP contribution in [0.15, 0.2) is 0 Å². The average molecular weight is 236 g/mol. The Balaban J connectivity index is 4.35. The summed E-state index contributed by atoms with van der Waals surface area (Å²) in [5.74, 6) is -3.55. The van der Waals surface area contributed by atoms with Crippen LogP contribution in [0, 0.1) is 12.8 Å². The molecular formula is C8H13O6P. The fraction of sp³-hybridized carbons (Fsp3) is 0.625. The Bertz CT molecular complexity index is 287. The second-order valence-corrected chi connectivity index (χ2v) is 5.60. The average Bonchev–Trinajstić information content (AvgIpc) is 2.11. The molecule has 0 aliphatic rings. The molecule has 2 atom stereocenters. The first-order valence-corrected chi connectivity index (χ1v) is 6.27. The third-order valence-electron chi connectivity index (χ3n) is 1.85. The van der Waals surface area contributed by atoms with Crippen LogP contribution in [0.25, 0.3) is 0 Å². The molecule has 7 heteroatoms. The summed E-state index contributed by atoms with van der Waals surface area (Å²) in [6.45, 7) is 4.99. The van der Waals surface area contributed by atoms with Crippen LogP contribution in [0.5, 0.6) is 0 Å². The van der Waals surface area contributed by atoms with Crippen molar-refractivity contribution in [2.24, 2.45) is 5.92 Å². The van der Waals surface area contributed by atoms with E-state index in [9.17, 15) is 14.2 Å². The fourth-order valence-corrected chi connectivity index (χ4v) is 2.19. The van der Waals surface area contributed by atoms with Crippen LogP contribution < -0.4 is 0 Å². The van der Waals surface area contributed by atoms with E-state index in [4.69, 9.17) is 22.0 Å². The van der Waals surface area contributed by atoms with Gasteiger partial charge in [0, 0.05) is 18.7 Å². The molecule has 2 unspecified atom stereocenters. The maximum Gasteiger partial charge on any atom is 0.307 e. The summed E-state index contributed by atoms with van der Waals surface area (Å²) in [6.07, 6.45) is -1.49. The van der Waals surface area contributed by atoms with Crippen molar-refractivity contribution in [2.45, 2.75) is 12.8 Å². The van der Waals surface area contributed by atoms with Crippen molar-refractivity contribution in [2.75, 3.05) is 12.3 Å². The SMILES string of the molecule is [CH]CP(=O)(O)CC(CCC(=O)O)C(=O)O. The Morgan fingerprint density at radius 1 is 1.33 bits per heavy atom. The monoisotopic (exact) mass is 236 g/mol. The summed E-state index contributed by atoms with van der Waals surface area (Å²) in [5.41, 5.74) is 0. The van der Waals surface area contributed by atoms with E-state index in [-0.39, 0.29) is 12.8 Å². The lowest BCUT2D eigenvalue weighted by atomic mass is 10.1. The quantitative estimate of drug-likeness (QED) is 0.556. The molecule has 6 nitrogen and oxygen atoms in total. The van der Waals surface area contributed by atoms with E-state index in [1.807, 2.05) is 0 Å². The van der Waals surface area contributed by atoms with Gasteiger partial charge in [-0.3, -0.25) is 14.2 Å². The highest BCUT2D eigenvalue weighted by atomic mass is 31.2.